The lowest BCUT2D eigenvalue weighted by Crippen LogP contribution is -2.24. The molecule has 0 amide bonds. The van der Waals surface area contributed by atoms with Gasteiger partial charge in [0.25, 0.3) is 0 Å². The normalized spacial score (nSPS) is 23.5. The minimum absolute atomic E-state index is 0.368. The molecule has 56 valence electrons. The van der Waals surface area contributed by atoms with E-state index in [-0.39, 0.29) is 0 Å². The third-order valence-corrected chi connectivity index (χ3v) is 1.65. The molecule has 0 saturated carbocycles. The number of aliphatic hydroxyl groups is 2. The molecule has 2 N–H and O–H groups in total. The van der Waals surface area contributed by atoms with Crippen molar-refractivity contribution >= 4 is 0 Å². The molecule has 1 aliphatic carbocycles. The van der Waals surface area contributed by atoms with E-state index in [9.17, 15) is 0 Å². The van der Waals surface area contributed by atoms with Crippen molar-refractivity contribution in [1.82, 2.24) is 0 Å². The Bertz CT molecular complexity index is 152. The van der Waals surface area contributed by atoms with Crippen LogP contribution in [0.2, 0.25) is 0 Å². The summed E-state index contributed by atoms with van der Waals surface area (Å²) in [6.07, 6.45) is 7.42. The quantitative estimate of drug-likeness (QED) is 0.418. The van der Waals surface area contributed by atoms with Crippen LogP contribution in [0.15, 0.2) is 24.3 Å². The Hall–Kier alpha value is -0.600. The molecule has 0 fully saturated rings. The second kappa shape index (κ2) is 2.56. The first kappa shape index (κ1) is 7.51. The predicted molar refractivity (Wildman–Crippen MR) is 39.2 cm³/mol. The van der Waals surface area contributed by atoms with Gasteiger partial charge >= 0.3 is 0 Å². The summed E-state index contributed by atoms with van der Waals surface area (Å²) in [5.41, 5.74) is 0. The third-order valence-electron chi connectivity index (χ3n) is 1.65. The van der Waals surface area contributed by atoms with Gasteiger partial charge < -0.3 is 10.2 Å². The molecule has 10 heavy (non-hydrogen) atoms. The minimum Gasteiger partial charge on any atom is -0.359 e. The highest BCUT2D eigenvalue weighted by atomic mass is 16.5. The van der Waals surface area contributed by atoms with Gasteiger partial charge in [0, 0.05) is 0 Å². The lowest BCUT2D eigenvalue weighted by atomic mass is 9.98. The zero-order chi connectivity index (χ0) is 7.61. The van der Waals surface area contributed by atoms with Crippen molar-refractivity contribution in [1.29, 1.82) is 0 Å². The summed E-state index contributed by atoms with van der Waals surface area (Å²) < 4.78 is 0. The third kappa shape index (κ3) is 1.69. The van der Waals surface area contributed by atoms with Crippen molar-refractivity contribution in [2.75, 3.05) is 0 Å². The monoisotopic (exact) mass is 140 g/mol. The fourth-order valence-electron chi connectivity index (χ4n) is 0.922. The molecule has 0 aromatic rings. The van der Waals surface area contributed by atoms with Crippen LogP contribution in [0.3, 0.4) is 0 Å². The van der Waals surface area contributed by atoms with E-state index in [4.69, 9.17) is 10.2 Å². The van der Waals surface area contributed by atoms with E-state index in [1.54, 1.807) is 12.2 Å². The Morgan fingerprint density at radius 1 is 1.30 bits per heavy atom. The maximum absolute atomic E-state index is 8.97. The molecule has 0 heterocycles. The summed E-state index contributed by atoms with van der Waals surface area (Å²) in [5, 5.41) is 17.9. The molecule has 0 aromatic carbocycles. The number of allylic oxidation sites excluding steroid dienone is 2. The molecular formula is C8H12O2. The van der Waals surface area contributed by atoms with Gasteiger partial charge in [0.1, 0.15) is 0 Å². The van der Waals surface area contributed by atoms with Crippen LogP contribution in [0.4, 0.5) is 0 Å². The largest absolute Gasteiger partial charge is 0.359 e. The van der Waals surface area contributed by atoms with Crippen LogP contribution in [-0.2, 0) is 0 Å². The van der Waals surface area contributed by atoms with E-state index in [1.165, 1.54) is 12.2 Å². The van der Waals surface area contributed by atoms with Gasteiger partial charge in [-0.2, -0.15) is 0 Å². The van der Waals surface area contributed by atoms with Crippen molar-refractivity contribution in [3.05, 3.63) is 24.3 Å². The molecule has 0 unspecified atom stereocenters. The average Bonchev–Trinajstić information content (AvgIpc) is 1.88. The lowest BCUT2D eigenvalue weighted by molar-refractivity contribution is -0.0758. The van der Waals surface area contributed by atoms with Crippen molar-refractivity contribution in [3.8, 4) is 0 Å². The minimum atomic E-state index is -1.70. The number of hydrogen-bond acceptors (Lipinski definition) is 2. The number of rotatable bonds is 1. The average molecular weight is 140 g/mol. The van der Waals surface area contributed by atoms with Crippen LogP contribution in [0.1, 0.15) is 13.3 Å². The Morgan fingerprint density at radius 3 is 2.20 bits per heavy atom. The molecule has 0 atom stereocenters. The van der Waals surface area contributed by atoms with Crippen LogP contribution in [0, 0.1) is 5.92 Å². The fourth-order valence-corrected chi connectivity index (χ4v) is 0.922. The van der Waals surface area contributed by atoms with Crippen LogP contribution in [0.25, 0.3) is 0 Å². The predicted octanol–water partition coefficient (Wildman–Crippen LogP) is 0.819. The summed E-state index contributed by atoms with van der Waals surface area (Å²) in [4.78, 5) is 0. The van der Waals surface area contributed by atoms with Gasteiger partial charge in [-0.05, 0) is 24.5 Å². The summed E-state index contributed by atoms with van der Waals surface area (Å²) in [5.74, 6) is -1.33. The molecule has 0 spiro atoms. The molecule has 1 rings (SSSR count). The van der Waals surface area contributed by atoms with Gasteiger partial charge in [0.05, 0.1) is 0 Å². The van der Waals surface area contributed by atoms with Crippen LogP contribution in [-0.4, -0.2) is 16.0 Å². The maximum Gasteiger partial charge on any atom is 0.202 e. The van der Waals surface area contributed by atoms with E-state index < -0.39 is 5.79 Å². The Balaban J connectivity index is 2.62. The fraction of sp³-hybridized carbons (Fsp3) is 0.500. The Morgan fingerprint density at radius 2 is 1.80 bits per heavy atom. The van der Waals surface area contributed by atoms with E-state index in [1.807, 2.05) is 0 Å². The van der Waals surface area contributed by atoms with E-state index in [0.717, 1.165) is 6.42 Å². The van der Waals surface area contributed by atoms with E-state index in [0.29, 0.717) is 5.92 Å². The summed E-state index contributed by atoms with van der Waals surface area (Å²) in [6, 6.07) is 0. The molecular weight excluding hydrogens is 128 g/mol. The maximum atomic E-state index is 8.97. The van der Waals surface area contributed by atoms with Gasteiger partial charge in [0.15, 0.2) is 0 Å². The second-order valence-corrected chi connectivity index (χ2v) is 2.57. The van der Waals surface area contributed by atoms with Crippen LogP contribution < -0.4 is 0 Å². The Kier molecular flexibility index (Phi) is 1.92. The van der Waals surface area contributed by atoms with Crippen LogP contribution in [0.5, 0.6) is 0 Å². The van der Waals surface area contributed by atoms with Crippen molar-refractivity contribution < 1.29 is 10.2 Å². The zero-order valence-corrected chi connectivity index (χ0v) is 5.99. The first-order valence-corrected chi connectivity index (χ1v) is 3.47. The first-order chi connectivity index (χ1) is 4.64. The molecule has 0 aromatic heterocycles. The second-order valence-electron chi connectivity index (χ2n) is 2.57. The van der Waals surface area contributed by atoms with Gasteiger partial charge in [-0.1, -0.05) is 19.1 Å². The lowest BCUT2D eigenvalue weighted by Gasteiger charge is -2.18. The van der Waals surface area contributed by atoms with Crippen molar-refractivity contribution in [2.24, 2.45) is 5.92 Å². The SMILES string of the molecule is CCC1C=CC(O)(O)C=C1. The topological polar surface area (TPSA) is 40.5 Å². The zero-order valence-electron chi connectivity index (χ0n) is 5.99. The smallest absolute Gasteiger partial charge is 0.202 e. The highest BCUT2D eigenvalue weighted by Crippen LogP contribution is 2.17. The van der Waals surface area contributed by atoms with Gasteiger partial charge in [0.2, 0.25) is 5.79 Å². The van der Waals surface area contributed by atoms with Crippen molar-refractivity contribution in [2.45, 2.75) is 19.1 Å². The van der Waals surface area contributed by atoms with Crippen LogP contribution >= 0.6 is 0 Å². The van der Waals surface area contributed by atoms with Crippen molar-refractivity contribution in [3.63, 3.8) is 0 Å². The van der Waals surface area contributed by atoms with Gasteiger partial charge in [-0.15, -0.1) is 0 Å². The molecule has 0 bridgehead atoms. The molecule has 1 aliphatic rings. The molecule has 0 aliphatic heterocycles. The first-order valence-electron chi connectivity index (χ1n) is 3.47. The molecule has 0 saturated heterocycles. The molecule has 2 nitrogen and oxygen atoms in total. The van der Waals surface area contributed by atoms with E-state index >= 15 is 0 Å². The molecule has 0 radical (unpaired) electrons. The molecule has 2 heteroatoms. The standard InChI is InChI=1S/C8H12O2/c1-2-7-3-5-8(9,10)6-4-7/h3-7,9-10H,2H2,1H3. The highest BCUT2D eigenvalue weighted by molar-refractivity contribution is 5.17. The van der Waals surface area contributed by atoms with Gasteiger partial charge in [-0.25, -0.2) is 0 Å². The summed E-state index contributed by atoms with van der Waals surface area (Å²) in [7, 11) is 0. The Labute approximate surface area is 60.5 Å². The highest BCUT2D eigenvalue weighted by Gasteiger charge is 2.18. The van der Waals surface area contributed by atoms with Gasteiger partial charge in [-0.3, -0.25) is 0 Å². The summed E-state index contributed by atoms with van der Waals surface area (Å²) >= 11 is 0. The number of hydrogen-bond donors (Lipinski definition) is 2. The summed E-state index contributed by atoms with van der Waals surface area (Å²) in [6.45, 7) is 2.06. The van der Waals surface area contributed by atoms with E-state index in [2.05, 4.69) is 6.92 Å².